The lowest BCUT2D eigenvalue weighted by Crippen LogP contribution is -2.31. The van der Waals surface area contributed by atoms with Gasteiger partial charge in [-0.25, -0.2) is 4.98 Å². The minimum atomic E-state index is -1.14. The van der Waals surface area contributed by atoms with Gasteiger partial charge in [0.25, 0.3) is 6.33 Å². The average Bonchev–Trinajstić information content (AvgIpc) is 1.64. The van der Waals surface area contributed by atoms with E-state index in [2.05, 4.69) is 31.7 Å². The van der Waals surface area contributed by atoms with Crippen molar-refractivity contribution in [2.45, 2.75) is 59.3 Å². The lowest BCUT2D eigenvalue weighted by molar-refractivity contribution is -0.571. The molecule has 0 aliphatic rings. The van der Waals surface area contributed by atoms with Gasteiger partial charge in [-0.15, -0.1) is 0 Å². The number of aromatic nitrogens is 4. The van der Waals surface area contributed by atoms with Crippen LogP contribution in [-0.2, 0) is 10.8 Å². The molecule has 416 valence electrons. The van der Waals surface area contributed by atoms with E-state index in [-0.39, 0.29) is 33.4 Å². The highest BCUT2D eigenvalue weighted by Crippen LogP contribution is 2.43. The van der Waals surface area contributed by atoms with Crippen molar-refractivity contribution < 1.29 is 46.3 Å². The molecule has 5 nitrogen and oxygen atoms in total. The summed E-state index contributed by atoms with van der Waals surface area (Å²) in [7, 11) is 0. The molecule has 0 aliphatic heterocycles. The first-order valence-corrected chi connectivity index (χ1v) is 27.6. The first kappa shape index (κ1) is 31.5. The third-order valence-corrected chi connectivity index (χ3v) is 14.7. The molecule has 0 spiro atoms. The van der Waals surface area contributed by atoms with Gasteiger partial charge in [-0.05, 0) is 180 Å². The molecule has 86 heavy (non-hydrogen) atoms. The second-order valence-electron chi connectivity index (χ2n) is 22.6. The average molecular weight is 1140 g/mol. The van der Waals surface area contributed by atoms with Crippen molar-refractivity contribution >= 4 is 32.8 Å². The van der Waals surface area contributed by atoms with Crippen LogP contribution in [0.15, 0.2) is 272 Å². The van der Waals surface area contributed by atoms with E-state index in [9.17, 15) is 21.9 Å². The van der Waals surface area contributed by atoms with Gasteiger partial charge < -0.3 is 4.74 Å². The van der Waals surface area contributed by atoms with E-state index in [1.54, 1.807) is 30.5 Å². The monoisotopic (exact) mass is 1140 g/mol. The first-order chi connectivity index (χ1) is 53.0. The Morgan fingerprint density at radius 1 is 0.442 bits per heavy atom. The fraction of sp³-hybridized carbons (Fsp3) is 0.111. The van der Waals surface area contributed by atoms with Gasteiger partial charge in [0.05, 0.1) is 70.5 Å². The predicted octanol–water partition coefficient (Wildman–Crippen LogP) is 20.9. The zero-order valence-corrected chi connectivity index (χ0v) is 47.6. The van der Waals surface area contributed by atoms with Crippen LogP contribution < -0.4 is 9.30 Å². The quantitative estimate of drug-likeness (QED) is 0.0956. The number of imidazole rings is 1. The fourth-order valence-corrected chi connectivity index (χ4v) is 10.4. The summed E-state index contributed by atoms with van der Waals surface area (Å²) in [6, 6.07) is 4.47. The lowest BCUT2D eigenvalue weighted by Gasteiger charge is -2.22. The number of hydrogen-bond donors (Lipinski definition) is 0. The van der Waals surface area contributed by atoms with E-state index in [1.165, 1.54) is 22.1 Å². The highest BCUT2D eigenvalue weighted by Gasteiger charge is 2.25. The summed E-state index contributed by atoms with van der Waals surface area (Å²) in [6.45, 7) is 13.5. The molecule has 0 bridgehead atoms. The normalized spacial score (nSPS) is 16.3. The van der Waals surface area contributed by atoms with E-state index in [0.29, 0.717) is 17.1 Å². The Morgan fingerprint density at radius 2 is 1.00 bits per heavy atom. The minimum Gasteiger partial charge on any atom is -0.458 e. The van der Waals surface area contributed by atoms with Crippen molar-refractivity contribution in [2.75, 3.05) is 0 Å². The summed E-state index contributed by atoms with van der Waals surface area (Å²) in [5.74, 6) is 1.32. The molecule has 11 aromatic carbocycles. The maximum Gasteiger partial charge on any atom is 0.269 e. The molecule has 0 unspecified atom stereocenters. The number of fused-ring (bicyclic) bond motifs is 4. The smallest absolute Gasteiger partial charge is 0.269 e. The molecule has 0 fully saturated rings. The molecule has 0 amide bonds. The van der Waals surface area contributed by atoms with Crippen LogP contribution in [0, 0.1) is 13.3 Å². The van der Waals surface area contributed by atoms with Crippen molar-refractivity contribution in [1.29, 1.82) is 0 Å². The highest BCUT2D eigenvalue weighted by atomic mass is 16.5. The zero-order chi connectivity index (χ0) is 82.2. The number of nitrogens with zero attached hydrogens (tertiary/aromatic N) is 4. The SMILES string of the molecule is [2H]c1cc(-c2c([2H])c(-c3c([2H])c([2H])c(C)c([2H])c3[2H])c([2H])c(-c3c([2H])c([2H])c([2H])c(-c4c([2H])c(-c5c([2H])c([2H])c([2H])c([2H])c5[2H])c([2H])c(-c5c([2H])c([2H])c([2H])c([2H])c5[2H])c4[2H])c3-[n+]3[c-]n(-c4cc(Oc5ccc6c7ccccc7n(-c7cc(C(C)(C)C)ccn7)c6c5)cc(C(C)(C)C)c4)c4ccccc43)c2[2H])c([2H])c([2H])c1[2H]. The standard InChI is InChI=1S/C81H66N4O/c1-54-34-36-58(37-35-54)62-43-61(57-26-15-10-16-27-57)46-64(47-62)71-30-21-29-70(63-44-59(55-22-11-8-12-23-55)42-60(45-63)56-24-13-9-14-25-56)79(71)84-53-83(75-32-19-20-33-76(75)84)67-48-66(81(5,6)7)49-69(51-67)86-68-38-39-73-72-28-17-18-31-74(72)85(77(73)52-68)78-50-65(40-41-82-78)80(2,3)4/h8-52H,1-7H3/i8D,9D,10D,11D,12D,13D,14D,15D,16D,21D,22D,23D,24D,25D,26D,29D,30D,34D,35D,36D,37D,42D,43D,44D,45D,46D,47D. The van der Waals surface area contributed by atoms with E-state index in [4.69, 9.17) is 24.8 Å². The van der Waals surface area contributed by atoms with Crippen molar-refractivity contribution in [3.63, 3.8) is 0 Å². The van der Waals surface area contributed by atoms with Crippen LogP contribution in [0.5, 0.6) is 11.5 Å². The third-order valence-electron chi connectivity index (χ3n) is 14.7. The Bertz CT molecular complexity index is 6370. The van der Waals surface area contributed by atoms with Gasteiger partial charge in [0.15, 0.2) is 0 Å². The second-order valence-corrected chi connectivity index (χ2v) is 22.6. The molecule has 3 heterocycles. The summed E-state index contributed by atoms with van der Waals surface area (Å²) < 4.78 is 268. The molecule has 0 N–H and O–H groups in total. The predicted molar refractivity (Wildman–Crippen MR) is 357 cm³/mol. The molecule has 14 aromatic rings. The molecule has 3 aromatic heterocycles. The van der Waals surface area contributed by atoms with E-state index in [0.717, 1.165) is 33.4 Å². The van der Waals surface area contributed by atoms with Crippen molar-refractivity contribution in [2.24, 2.45) is 0 Å². The zero-order valence-electron chi connectivity index (χ0n) is 74.6. The fourth-order valence-electron chi connectivity index (χ4n) is 10.4. The van der Waals surface area contributed by atoms with Crippen LogP contribution in [0.2, 0.25) is 0 Å². The Kier molecular flexibility index (Phi) is 7.94. The Morgan fingerprint density at radius 3 is 1.65 bits per heavy atom. The lowest BCUT2D eigenvalue weighted by atomic mass is 9.86. The molecule has 5 heteroatoms. The van der Waals surface area contributed by atoms with Gasteiger partial charge in [-0.3, -0.25) is 13.7 Å². The Balaban J connectivity index is 1.16. The van der Waals surface area contributed by atoms with Crippen LogP contribution in [0.1, 0.15) is 95.2 Å². The molecular formula is C81H66N4O. The van der Waals surface area contributed by atoms with Gasteiger partial charge in [0.1, 0.15) is 17.3 Å². The molecule has 0 atom stereocenters. The van der Waals surface area contributed by atoms with Crippen molar-refractivity contribution in [3.05, 3.63) is 295 Å². The molecule has 0 aliphatic carbocycles. The third kappa shape index (κ3) is 10.3. The Labute approximate surface area is 542 Å². The van der Waals surface area contributed by atoms with Crippen LogP contribution in [-0.4, -0.2) is 14.1 Å². The first-order valence-electron chi connectivity index (χ1n) is 41.1. The van der Waals surface area contributed by atoms with Crippen molar-refractivity contribution in [1.82, 2.24) is 14.1 Å². The minimum absolute atomic E-state index is 0.0235. The summed E-state index contributed by atoms with van der Waals surface area (Å²) in [5.41, 5.74) is -7.96. The number of ether oxygens (including phenoxy) is 1. The van der Waals surface area contributed by atoms with Crippen LogP contribution in [0.3, 0.4) is 0 Å². The topological polar surface area (TPSA) is 35.9 Å². The summed E-state index contributed by atoms with van der Waals surface area (Å²) in [5, 5.41) is 1.85. The summed E-state index contributed by atoms with van der Waals surface area (Å²) >= 11 is 0. The molecule has 14 rings (SSSR count). The van der Waals surface area contributed by atoms with Crippen LogP contribution >= 0.6 is 0 Å². The summed E-state index contributed by atoms with van der Waals surface area (Å²) in [6.07, 6.45) is 5.12. The molecule has 0 radical (unpaired) electrons. The highest BCUT2D eigenvalue weighted by molar-refractivity contribution is 6.09. The van der Waals surface area contributed by atoms with Gasteiger partial charge in [0, 0.05) is 23.0 Å². The second kappa shape index (κ2) is 21.7. The summed E-state index contributed by atoms with van der Waals surface area (Å²) in [4.78, 5) is 4.86. The van der Waals surface area contributed by atoms with Crippen LogP contribution in [0.25, 0.3) is 117 Å². The number of benzene rings is 11. The van der Waals surface area contributed by atoms with E-state index in [1.807, 2.05) is 87.5 Å². The molecule has 0 saturated carbocycles. The Hall–Kier alpha value is -10.4. The number of hydrogen-bond acceptors (Lipinski definition) is 2. The molecular weight excluding hydrogens is 1040 g/mol. The van der Waals surface area contributed by atoms with Gasteiger partial charge >= 0.3 is 0 Å². The maximum atomic E-state index is 10.6. The molecule has 0 saturated heterocycles. The van der Waals surface area contributed by atoms with Gasteiger partial charge in [0.2, 0.25) is 0 Å². The van der Waals surface area contributed by atoms with E-state index < -0.39 is 241 Å². The van der Waals surface area contributed by atoms with E-state index >= 15 is 0 Å². The maximum absolute atomic E-state index is 10.6. The van der Waals surface area contributed by atoms with Gasteiger partial charge in [-0.1, -0.05) is 223 Å². The number of pyridine rings is 1. The number of rotatable bonds is 11. The van der Waals surface area contributed by atoms with Gasteiger partial charge in [-0.2, -0.15) is 0 Å². The number of para-hydroxylation sites is 4. The van der Waals surface area contributed by atoms with Crippen molar-refractivity contribution in [3.8, 4) is 95.5 Å². The van der Waals surface area contributed by atoms with Crippen LogP contribution in [0.4, 0.5) is 0 Å². The largest absolute Gasteiger partial charge is 0.458 e.